The smallest absolute Gasteiger partial charge is 0.241 e. The van der Waals surface area contributed by atoms with E-state index in [2.05, 4.69) is 11.0 Å². The summed E-state index contributed by atoms with van der Waals surface area (Å²) in [7, 11) is 3.33. The van der Waals surface area contributed by atoms with Crippen molar-refractivity contribution in [3.8, 4) is 23.0 Å². The molecule has 5 rings (SSSR count). The van der Waals surface area contributed by atoms with Crippen LogP contribution in [0.25, 0.3) is 0 Å². The molecule has 7 nitrogen and oxygen atoms in total. The second-order valence-electron chi connectivity index (χ2n) is 8.70. The Morgan fingerprint density at radius 1 is 1.00 bits per heavy atom. The van der Waals surface area contributed by atoms with Crippen LogP contribution in [0.5, 0.6) is 23.0 Å². The predicted octanol–water partition coefficient (Wildman–Crippen LogP) is 4.73. The predicted molar refractivity (Wildman–Crippen MR) is 136 cm³/mol. The Balaban J connectivity index is 1.39. The molecule has 0 N–H and O–H groups in total. The van der Waals surface area contributed by atoms with Crippen LogP contribution in [0.1, 0.15) is 23.3 Å². The van der Waals surface area contributed by atoms with Gasteiger partial charge in [-0.1, -0.05) is 6.07 Å². The van der Waals surface area contributed by atoms with Crippen molar-refractivity contribution in [2.75, 3.05) is 38.9 Å². The van der Waals surface area contributed by atoms with E-state index in [1.54, 1.807) is 25.6 Å². The average Bonchev–Trinajstić information content (AvgIpc) is 3.62. The van der Waals surface area contributed by atoms with E-state index in [1.165, 1.54) is 0 Å². The molecule has 2 aliphatic rings. The minimum atomic E-state index is 0.0452. The van der Waals surface area contributed by atoms with Gasteiger partial charge in [-0.3, -0.25) is 9.69 Å². The lowest BCUT2D eigenvalue weighted by molar-refractivity contribution is -0.120. The van der Waals surface area contributed by atoms with Crippen molar-refractivity contribution >= 4 is 22.9 Å². The highest BCUT2D eigenvalue weighted by Crippen LogP contribution is 2.36. The van der Waals surface area contributed by atoms with Gasteiger partial charge in [0.25, 0.3) is 0 Å². The lowest BCUT2D eigenvalue weighted by Gasteiger charge is -2.29. The van der Waals surface area contributed by atoms with Crippen LogP contribution in [0.3, 0.4) is 0 Å². The van der Waals surface area contributed by atoms with E-state index < -0.39 is 0 Å². The van der Waals surface area contributed by atoms with Gasteiger partial charge in [0.2, 0.25) is 5.91 Å². The molecule has 1 fully saturated rings. The second-order valence-corrected chi connectivity index (χ2v) is 9.73. The second kappa shape index (κ2) is 10.6. The number of methoxy groups -OCH3 is 2. The van der Waals surface area contributed by atoms with E-state index in [1.807, 2.05) is 52.7 Å². The van der Waals surface area contributed by atoms with Gasteiger partial charge in [0, 0.05) is 34.8 Å². The Morgan fingerprint density at radius 3 is 2.54 bits per heavy atom. The largest absolute Gasteiger partial charge is 0.497 e. The third-order valence-corrected chi connectivity index (χ3v) is 7.16. The summed E-state index contributed by atoms with van der Waals surface area (Å²) in [6, 6.07) is 16.0. The number of thiophene rings is 1. The lowest BCUT2D eigenvalue weighted by Crippen LogP contribution is -2.41. The summed E-state index contributed by atoms with van der Waals surface area (Å²) in [6.45, 7) is 2.48. The quantitative estimate of drug-likeness (QED) is 0.406. The molecule has 184 valence electrons. The van der Waals surface area contributed by atoms with Gasteiger partial charge in [0.15, 0.2) is 11.5 Å². The number of fused-ring (bicyclic) bond motifs is 1. The SMILES string of the molecule is COc1ccc(OC)c(CN(CC(=O)N(Cc2cccs2)c2ccc3c(c2)OCCO3)C2CC2)c1. The minimum absolute atomic E-state index is 0.0452. The number of amides is 1. The number of carbonyl (C=O) groups is 1. The molecule has 0 atom stereocenters. The molecule has 0 spiro atoms. The van der Waals surface area contributed by atoms with E-state index in [0.29, 0.717) is 50.4 Å². The monoisotopic (exact) mass is 494 g/mol. The van der Waals surface area contributed by atoms with Crippen LogP contribution in [0.15, 0.2) is 53.9 Å². The van der Waals surface area contributed by atoms with Gasteiger partial charge >= 0.3 is 0 Å². The molecule has 1 aromatic heterocycles. The average molecular weight is 495 g/mol. The zero-order chi connectivity index (χ0) is 24.2. The van der Waals surface area contributed by atoms with Crippen LogP contribution >= 0.6 is 11.3 Å². The first-order valence-corrected chi connectivity index (χ1v) is 12.7. The molecule has 0 radical (unpaired) electrons. The number of anilines is 1. The summed E-state index contributed by atoms with van der Waals surface area (Å²) in [5.74, 6) is 3.01. The Morgan fingerprint density at radius 2 is 1.83 bits per heavy atom. The minimum Gasteiger partial charge on any atom is -0.497 e. The first kappa shape index (κ1) is 23.5. The van der Waals surface area contributed by atoms with E-state index in [-0.39, 0.29) is 5.91 Å². The number of benzene rings is 2. The molecule has 3 aromatic rings. The molecule has 8 heteroatoms. The van der Waals surface area contributed by atoms with Crippen molar-refractivity contribution in [3.63, 3.8) is 0 Å². The highest BCUT2D eigenvalue weighted by molar-refractivity contribution is 7.09. The zero-order valence-electron chi connectivity index (χ0n) is 20.1. The first-order chi connectivity index (χ1) is 17.1. The lowest BCUT2D eigenvalue weighted by atomic mass is 10.1. The van der Waals surface area contributed by atoms with Crippen LogP contribution < -0.4 is 23.8 Å². The highest BCUT2D eigenvalue weighted by atomic mass is 32.1. The molecule has 2 aromatic carbocycles. The van der Waals surface area contributed by atoms with Gasteiger partial charge in [-0.15, -0.1) is 11.3 Å². The summed E-state index contributed by atoms with van der Waals surface area (Å²) >= 11 is 1.65. The molecular weight excluding hydrogens is 464 g/mol. The Bertz CT molecular complexity index is 1160. The van der Waals surface area contributed by atoms with Crippen LogP contribution in [-0.4, -0.2) is 50.8 Å². The molecule has 0 unspecified atom stereocenters. The van der Waals surface area contributed by atoms with Crippen LogP contribution in [-0.2, 0) is 17.9 Å². The Kier molecular flexibility index (Phi) is 7.11. The van der Waals surface area contributed by atoms with Crippen molar-refractivity contribution in [2.45, 2.75) is 32.0 Å². The fourth-order valence-corrected chi connectivity index (χ4v) is 5.01. The van der Waals surface area contributed by atoms with Crippen molar-refractivity contribution in [1.82, 2.24) is 4.90 Å². The fourth-order valence-electron chi connectivity index (χ4n) is 4.32. The molecule has 1 amide bonds. The molecule has 35 heavy (non-hydrogen) atoms. The molecule has 1 aliphatic carbocycles. The molecule has 1 saturated carbocycles. The van der Waals surface area contributed by atoms with Crippen molar-refractivity contribution in [1.29, 1.82) is 0 Å². The number of ether oxygens (including phenoxy) is 4. The maximum Gasteiger partial charge on any atom is 0.241 e. The number of nitrogens with zero attached hydrogens (tertiary/aromatic N) is 2. The van der Waals surface area contributed by atoms with Gasteiger partial charge in [-0.05, 0) is 54.6 Å². The van der Waals surface area contributed by atoms with Gasteiger partial charge in [-0.25, -0.2) is 0 Å². The van der Waals surface area contributed by atoms with Crippen LogP contribution in [0.4, 0.5) is 5.69 Å². The van der Waals surface area contributed by atoms with Crippen molar-refractivity contribution < 1.29 is 23.7 Å². The van der Waals surface area contributed by atoms with E-state index in [0.717, 1.165) is 40.5 Å². The van der Waals surface area contributed by atoms with Gasteiger partial charge in [0.05, 0.1) is 27.3 Å². The summed E-state index contributed by atoms with van der Waals surface area (Å²) in [5.41, 5.74) is 1.82. The van der Waals surface area contributed by atoms with E-state index in [9.17, 15) is 4.79 Å². The maximum atomic E-state index is 13.8. The Hall–Kier alpha value is -3.23. The van der Waals surface area contributed by atoms with Gasteiger partial charge < -0.3 is 23.8 Å². The topological polar surface area (TPSA) is 60.5 Å². The molecule has 0 saturated heterocycles. The highest BCUT2D eigenvalue weighted by Gasteiger charge is 2.32. The van der Waals surface area contributed by atoms with Crippen molar-refractivity contribution in [2.24, 2.45) is 0 Å². The number of carbonyl (C=O) groups excluding carboxylic acids is 1. The normalized spacial score (nSPS) is 14.6. The van der Waals surface area contributed by atoms with Crippen LogP contribution in [0.2, 0.25) is 0 Å². The van der Waals surface area contributed by atoms with Gasteiger partial charge in [-0.2, -0.15) is 0 Å². The summed E-state index contributed by atoms with van der Waals surface area (Å²) in [5, 5.41) is 2.04. The molecular formula is C27H30N2O5S. The Labute approximate surface area is 209 Å². The van der Waals surface area contributed by atoms with E-state index in [4.69, 9.17) is 18.9 Å². The first-order valence-electron chi connectivity index (χ1n) is 11.8. The molecule has 1 aliphatic heterocycles. The third kappa shape index (κ3) is 5.55. The maximum absolute atomic E-state index is 13.8. The summed E-state index contributed by atoms with van der Waals surface area (Å²) in [6.07, 6.45) is 2.18. The number of hydrogen-bond donors (Lipinski definition) is 0. The van der Waals surface area contributed by atoms with Gasteiger partial charge in [0.1, 0.15) is 24.7 Å². The number of rotatable bonds is 10. The third-order valence-electron chi connectivity index (χ3n) is 6.30. The standard InChI is InChI=1S/C27H30N2O5S/c1-31-22-8-10-24(32-2)19(14-22)16-28(20-5-6-20)18-27(30)29(17-23-4-3-13-35-23)21-7-9-25-26(15-21)34-12-11-33-25/h3-4,7-10,13-15,20H,5-6,11-12,16-18H2,1-2H3. The van der Waals surface area contributed by atoms with Crippen LogP contribution in [0, 0.1) is 0 Å². The fraction of sp³-hybridized carbons (Fsp3) is 0.370. The summed E-state index contributed by atoms with van der Waals surface area (Å²) in [4.78, 5) is 19.0. The molecule has 2 heterocycles. The van der Waals surface area contributed by atoms with E-state index >= 15 is 0 Å². The number of hydrogen-bond acceptors (Lipinski definition) is 7. The van der Waals surface area contributed by atoms with Crippen molar-refractivity contribution in [3.05, 3.63) is 64.4 Å². The zero-order valence-corrected chi connectivity index (χ0v) is 20.9. The summed E-state index contributed by atoms with van der Waals surface area (Å²) < 4.78 is 22.5. The molecule has 0 bridgehead atoms.